The highest BCUT2D eigenvalue weighted by atomic mass is 16.4. The molecule has 0 amide bonds. The van der Waals surface area contributed by atoms with E-state index in [9.17, 15) is 0 Å². The Morgan fingerprint density at radius 3 is 0.750 bits per heavy atom. The van der Waals surface area contributed by atoms with Gasteiger partial charge in [0.2, 0.25) is 0 Å². The van der Waals surface area contributed by atoms with Gasteiger partial charge in [0, 0.05) is 0 Å². The summed E-state index contributed by atoms with van der Waals surface area (Å²) in [5.41, 5.74) is 5.36. The zero-order valence-corrected chi connectivity index (χ0v) is 16.6. The first kappa shape index (κ1) is 19.7. The van der Waals surface area contributed by atoms with Crippen LogP contribution in [0.3, 0.4) is 0 Å². The summed E-state index contributed by atoms with van der Waals surface area (Å²) in [6.07, 6.45) is -1.22. The predicted molar refractivity (Wildman–Crippen MR) is 124 cm³/mol. The highest BCUT2D eigenvalue weighted by molar-refractivity contribution is 7.19. The standard InChI is InChI=1S/C24H20B.C2H6O/c1-5-13-21(14-6-1)25(22-15-7-2-8-16-22,23-17-9-3-10-18-23)24-19-11-4-12-20-24;1-3-2/h1-20H;1-2H3/q-1;/p+1. The summed E-state index contributed by atoms with van der Waals surface area (Å²) in [4.78, 5) is 0. The van der Waals surface area contributed by atoms with Gasteiger partial charge in [-0.1, -0.05) is 121 Å². The van der Waals surface area contributed by atoms with E-state index < -0.39 is 6.15 Å². The molecule has 1 nitrogen and oxygen atoms in total. The summed E-state index contributed by atoms with van der Waals surface area (Å²) >= 11 is 0. The Morgan fingerprint density at radius 2 is 0.571 bits per heavy atom. The molecule has 4 aromatic carbocycles. The van der Waals surface area contributed by atoms with Gasteiger partial charge in [0.25, 0.3) is 0 Å². The van der Waals surface area contributed by atoms with Crippen molar-refractivity contribution in [1.82, 2.24) is 0 Å². The van der Waals surface area contributed by atoms with Gasteiger partial charge >= 0.3 is 0 Å². The van der Waals surface area contributed by atoms with Crippen molar-refractivity contribution in [2.75, 3.05) is 14.2 Å². The lowest BCUT2D eigenvalue weighted by molar-refractivity contribution is 0.0768. The van der Waals surface area contributed by atoms with Gasteiger partial charge in [0.05, 0.1) is 0 Å². The molecule has 28 heavy (non-hydrogen) atoms. The van der Waals surface area contributed by atoms with E-state index in [1.54, 1.807) is 14.2 Å². The van der Waals surface area contributed by atoms with Crippen LogP contribution in [0.25, 0.3) is 0 Å². The SMILES string of the molecule is C[OH+]C.c1ccc([B-](c2ccccc2)(c2ccccc2)c2ccccc2)cc1. The highest BCUT2D eigenvalue weighted by Crippen LogP contribution is 2.09. The number of ether oxygens (including phenoxy) is 1. The Bertz CT molecular complexity index is 775. The normalized spacial score (nSPS) is 10.6. The number of hydrogen-bond acceptors (Lipinski definition) is 0. The van der Waals surface area contributed by atoms with E-state index in [2.05, 4.69) is 126 Å². The van der Waals surface area contributed by atoms with Crippen molar-refractivity contribution in [3.05, 3.63) is 121 Å². The molecular formula is C26H27BO. The molecule has 4 rings (SSSR count). The van der Waals surface area contributed by atoms with E-state index in [-0.39, 0.29) is 0 Å². The van der Waals surface area contributed by atoms with Gasteiger partial charge < -0.3 is 4.74 Å². The fourth-order valence-corrected chi connectivity index (χ4v) is 4.12. The van der Waals surface area contributed by atoms with Crippen LogP contribution in [-0.2, 0) is 0 Å². The number of aliphatic hydroxyl groups is 2. The van der Waals surface area contributed by atoms with E-state index in [0.29, 0.717) is 0 Å². The van der Waals surface area contributed by atoms with E-state index >= 15 is 0 Å². The molecule has 0 bridgehead atoms. The smallest absolute Gasteiger partial charge is 0.134 e. The van der Waals surface area contributed by atoms with Crippen LogP contribution < -0.4 is 21.9 Å². The molecule has 0 spiro atoms. The molecule has 0 radical (unpaired) electrons. The Kier molecular flexibility index (Phi) is 6.83. The Labute approximate surface area is 168 Å². The molecule has 140 valence electrons. The van der Waals surface area contributed by atoms with Crippen molar-refractivity contribution < 1.29 is 4.74 Å². The van der Waals surface area contributed by atoms with Crippen LogP contribution in [0.5, 0.6) is 0 Å². The van der Waals surface area contributed by atoms with Crippen molar-refractivity contribution in [3.63, 3.8) is 0 Å². The summed E-state index contributed by atoms with van der Waals surface area (Å²) in [6.45, 7) is 0. The molecular weight excluding hydrogens is 339 g/mol. The minimum Gasteiger partial charge on any atom is -0.438 e. The van der Waals surface area contributed by atoms with Crippen LogP contribution in [0, 0.1) is 0 Å². The van der Waals surface area contributed by atoms with E-state index in [0.717, 1.165) is 0 Å². The fraction of sp³-hybridized carbons (Fsp3) is 0.0769. The molecule has 0 unspecified atom stereocenters. The third-order valence-electron chi connectivity index (χ3n) is 5.20. The molecule has 2 heteroatoms. The molecule has 0 aliphatic rings. The van der Waals surface area contributed by atoms with Crippen LogP contribution in [0.15, 0.2) is 121 Å². The zero-order valence-electron chi connectivity index (χ0n) is 16.6. The summed E-state index contributed by atoms with van der Waals surface area (Å²) < 4.78 is 3.50. The average Bonchev–Trinajstić information content (AvgIpc) is 2.78. The second kappa shape index (κ2) is 9.73. The average molecular weight is 366 g/mol. The van der Waals surface area contributed by atoms with Crippen LogP contribution in [0.2, 0.25) is 0 Å². The van der Waals surface area contributed by atoms with Gasteiger partial charge in [0.1, 0.15) is 20.4 Å². The maximum Gasteiger partial charge on any atom is 0.134 e. The van der Waals surface area contributed by atoms with E-state index in [1.807, 2.05) is 0 Å². The minimum atomic E-state index is -1.22. The van der Waals surface area contributed by atoms with Crippen molar-refractivity contribution in [3.8, 4) is 0 Å². The molecule has 0 fully saturated rings. The molecule has 4 aromatic rings. The Balaban J connectivity index is 0.000000706. The molecule has 0 saturated carbocycles. The second-order valence-electron chi connectivity index (χ2n) is 6.96. The number of benzene rings is 4. The summed E-state index contributed by atoms with van der Waals surface area (Å²) in [7, 11) is 3.50. The van der Waals surface area contributed by atoms with E-state index in [4.69, 9.17) is 0 Å². The Morgan fingerprint density at radius 1 is 0.393 bits per heavy atom. The lowest BCUT2D eigenvalue weighted by Crippen LogP contribution is -2.74. The van der Waals surface area contributed by atoms with Gasteiger partial charge in [-0.05, 0) is 0 Å². The molecule has 0 aliphatic heterocycles. The molecule has 1 N–H and O–H groups in total. The van der Waals surface area contributed by atoms with Crippen molar-refractivity contribution in [2.24, 2.45) is 0 Å². The van der Waals surface area contributed by atoms with Gasteiger partial charge in [-0.15, -0.1) is 0 Å². The summed E-state index contributed by atoms with van der Waals surface area (Å²) in [6, 6.07) is 43.5. The third kappa shape index (κ3) is 3.93. The third-order valence-corrected chi connectivity index (χ3v) is 5.20. The molecule has 0 aliphatic carbocycles. The number of hydrogen-bond donors (Lipinski definition) is 0. The maximum absolute atomic E-state index is 3.50. The van der Waals surface area contributed by atoms with Gasteiger partial charge in [-0.25, -0.2) is 0 Å². The van der Waals surface area contributed by atoms with Crippen LogP contribution in [-0.4, -0.2) is 25.1 Å². The fourth-order valence-electron chi connectivity index (χ4n) is 4.12. The number of rotatable bonds is 4. The maximum atomic E-state index is 3.50. The predicted octanol–water partition coefficient (Wildman–Crippen LogP) is 2.84. The van der Waals surface area contributed by atoms with E-state index in [1.165, 1.54) is 21.9 Å². The Hall–Kier alpha value is -3.10. The monoisotopic (exact) mass is 366 g/mol. The first-order valence-electron chi connectivity index (χ1n) is 9.69. The molecule has 0 saturated heterocycles. The highest BCUT2D eigenvalue weighted by Gasteiger charge is 2.30. The first-order chi connectivity index (χ1) is 13.8. The lowest BCUT2D eigenvalue weighted by Gasteiger charge is -2.44. The van der Waals surface area contributed by atoms with Gasteiger partial charge in [-0.3, -0.25) is 0 Å². The largest absolute Gasteiger partial charge is 0.438 e. The second-order valence-corrected chi connectivity index (χ2v) is 6.96. The van der Waals surface area contributed by atoms with Crippen molar-refractivity contribution in [2.45, 2.75) is 0 Å². The van der Waals surface area contributed by atoms with Crippen molar-refractivity contribution >= 4 is 28.0 Å². The van der Waals surface area contributed by atoms with Crippen molar-refractivity contribution in [1.29, 1.82) is 0 Å². The topological polar surface area (TPSA) is 12.8 Å². The lowest BCUT2D eigenvalue weighted by atomic mass is 9.13. The minimum absolute atomic E-state index is 1.22. The van der Waals surface area contributed by atoms with Crippen LogP contribution in [0.4, 0.5) is 0 Å². The summed E-state index contributed by atoms with van der Waals surface area (Å²) in [5, 5.41) is 0. The zero-order chi connectivity index (χ0) is 19.7. The molecule has 0 aromatic heterocycles. The van der Waals surface area contributed by atoms with Crippen LogP contribution >= 0.6 is 0 Å². The molecule has 0 heterocycles. The quantitative estimate of drug-likeness (QED) is 0.389. The van der Waals surface area contributed by atoms with Gasteiger partial charge in [-0.2, -0.15) is 21.9 Å². The van der Waals surface area contributed by atoms with Crippen LogP contribution in [0.1, 0.15) is 0 Å². The molecule has 0 atom stereocenters. The van der Waals surface area contributed by atoms with Gasteiger partial charge in [0.15, 0.2) is 0 Å². The summed E-state index contributed by atoms with van der Waals surface area (Å²) in [5.74, 6) is 0. The first-order valence-corrected chi connectivity index (χ1v) is 9.69.